The van der Waals surface area contributed by atoms with Crippen LogP contribution in [0.2, 0.25) is 0 Å². The van der Waals surface area contributed by atoms with Crippen LogP contribution in [0.25, 0.3) is 0 Å². The predicted octanol–water partition coefficient (Wildman–Crippen LogP) is 3.29. The zero-order chi connectivity index (χ0) is 15.2. The van der Waals surface area contributed by atoms with Crippen molar-refractivity contribution < 1.29 is 14.3 Å². The molecular weight excluding hydrogens is 266 g/mol. The molecule has 4 heteroatoms. The maximum Gasteiger partial charge on any atom is 0.337 e. The molecule has 0 fully saturated rings. The molecule has 0 aliphatic rings. The molecule has 0 aromatic heterocycles. The van der Waals surface area contributed by atoms with Crippen molar-refractivity contribution in [1.29, 1.82) is 0 Å². The van der Waals surface area contributed by atoms with Crippen LogP contribution in [0, 0.1) is 0 Å². The predicted molar refractivity (Wildman–Crippen MR) is 81.6 cm³/mol. The number of carbonyl (C=O) groups excluding carboxylic acids is 2. The normalized spacial score (nSPS) is 10.0. The van der Waals surface area contributed by atoms with E-state index in [9.17, 15) is 9.59 Å². The third-order valence-electron chi connectivity index (χ3n) is 3.16. The monoisotopic (exact) mass is 283 g/mol. The molecule has 108 valence electrons. The van der Waals surface area contributed by atoms with Gasteiger partial charge in [-0.2, -0.15) is 0 Å². The summed E-state index contributed by atoms with van der Waals surface area (Å²) in [5, 5.41) is 2.84. The van der Waals surface area contributed by atoms with Crippen LogP contribution in [0.15, 0.2) is 48.5 Å². The Morgan fingerprint density at radius 1 is 1.05 bits per heavy atom. The van der Waals surface area contributed by atoms with E-state index in [1.165, 1.54) is 7.11 Å². The lowest BCUT2D eigenvalue weighted by atomic mass is 10.1. The highest BCUT2D eigenvalue weighted by atomic mass is 16.5. The van der Waals surface area contributed by atoms with E-state index in [0.717, 1.165) is 17.7 Å². The fraction of sp³-hybridized carbons (Fsp3) is 0.176. The third kappa shape index (κ3) is 3.69. The molecule has 0 atom stereocenters. The topological polar surface area (TPSA) is 55.4 Å². The number of benzene rings is 2. The minimum atomic E-state index is -0.419. The summed E-state index contributed by atoms with van der Waals surface area (Å²) in [6.45, 7) is 2.06. The molecule has 0 bridgehead atoms. The van der Waals surface area contributed by atoms with Gasteiger partial charge in [-0.05, 0) is 48.4 Å². The fourth-order valence-electron chi connectivity index (χ4n) is 1.95. The number of hydrogen-bond donors (Lipinski definition) is 1. The number of anilines is 1. The van der Waals surface area contributed by atoms with Gasteiger partial charge in [-0.1, -0.05) is 19.1 Å². The summed E-state index contributed by atoms with van der Waals surface area (Å²) in [6, 6.07) is 14.1. The van der Waals surface area contributed by atoms with Gasteiger partial charge < -0.3 is 10.1 Å². The summed E-state index contributed by atoms with van der Waals surface area (Å²) < 4.78 is 4.62. The van der Waals surface area contributed by atoms with Gasteiger partial charge in [0.15, 0.2) is 0 Å². The van der Waals surface area contributed by atoms with Crippen LogP contribution in [-0.2, 0) is 11.2 Å². The number of ether oxygens (including phenoxy) is 1. The van der Waals surface area contributed by atoms with Crippen molar-refractivity contribution in [2.24, 2.45) is 0 Å². The zero-order valence-electron chi connectivity index (χ0n) is 12.1. The van der Waals surface area contributed by atoms with E-state index in [1.54, 1.807) is 24.3 Å². The van der Waals surface area contributed by atoms with Crippen molar-refractivity contribution in [3.63, 3.8) is 0 Å². The first-order valence-corrected chi connectivity index (χ1v) is 6.72. The summed E-state index contributed by atoms with van der Waals surface area (Å²) in [4.78, 5) is 23.5. The average Bonchev–Trinajstić information content (AvgIpc) is 2.54. The fourth-order valence-corrected chi connectivity index (χ4v) is 1.95. The second-order valence-corrected chi connectivity index (χ2v) is 4.58. The molecule has 0 heterocycles. The van der Waals surface area contributed by atoms with Gasteiger partial charge in [0.25, 0.3) is 5.91 Å². The van der Waals surface area contributed by atoms with Crippen molar-refractivity contribution in [2.45, 2.75) is 13.3 Å². The Hall–Kier alpha value is -2.62. The van der Waals surface area contributed by atoms with Crippen molar-refractivity contribution >= 4 is 17.6 Å². The molecule has 21 heavy (non-hydrogen) atoms. The van der Waals surface area contributed by atoms with Gasteiger partial charge in [0.2, 0.25) is 0 Å². The van der Waals surface area contributed by atoms with Crippen LogP contribution in [0.1, 0.15) is 33.2 Å². The zero-order valence-corrected chi connectivity index (χ0v) is 12.1. The molecule has 0 radical (unpaired) electrons. The maximum absolute atomic E-state index is 12.1. The first-order valence-electron chi connectivity index (χ1n) is 6.72. The summed E-state index contributed by atoms with van der Waals surface area (Å²) in [5.74, 6) is -0.628. The number of esters is 1. The summed E-state index contributed by atoms with van der Waals surface area (Å²) in [5.41, 5.74) is 2.83. The number of methoxy groups -OCH3 is 1. The van der Waals surface area contributed by atoms with Gasteiger partial charge in [-0.15, -0.1) is 0 Å². The summed E-state index contributed by atoms with van der Waals surface area (Å²) >= 11 is 0. The summed E-state index contributed by atoms with van der Waals surface area (Å²) in [6.07, 6.45) is 0.914. The van der Waals surface area contributed by atoms with Crippen LogP contribution < -0.4 is 5.32 Å². The molecule has 2 aromatic carbocycles. The Kier molecular flexibility index (Phi) is 4.72. The lowest BCUT2D eigenvalue weighted by molar-refractivity contribution is 0.0600. The number of carbonyl (C=O) groups is 2. The third-order valence-corrected chi connectivity index (χ3v) is 3.16. The molecule has 2 rings (SSSR count). The van der Waals surface area contributed by atoms with Crippen molar-refractivity contribution in [3.05, 3.63) is 65.2 Å². The van der Waals surface area contributed by atoms with Gasteiger partial charge in [0, 0.05) is 11.3 Å². The van der Waals surface area contributed by atoms with Gasteiger partial charge in [-0.3, -0.25) is 4.79 Å². The van der Waals surface area contributed by atoms with Crippen LogP contribution in [0.4, 0.5) is 5.69 Å². The van der Waals surface area contributed by atoms with E-state index in [2.05, 4.69) is 17.0 Å². The van der Waals surface area contributed by atoms with Crippen LogP contribution >= 0.6 is 0 Å². The molecule has 1 amide bonds. The van der Waals surface area contributed by atoms with Gasteiger partial charge in [-0.25, -0.2) is 4.79 Å². The van der Waals surface area contributed by atoms with Crippen LogP contribution in [0.5, 0.6) is 0 Å². The molecular formula is C17H17NO3. The van der Waals surface area contributed by atoms with Crippen molar-refractivity contribution in [2.75, 3.05) is 12.4 Å². The van der Waals surface area contributed by atoms with Gasteiger partial charge in [0.05, 0.1) is 12.7 Å². The highest BCUT2D eigenvalue weighted by Gasteiger charge is 2.09. The van der Waals surface area contributed by atoms with Crippen LogP contribution in [0.3, 0.4) is 0 Å². The Morgan fingerprint density at radius 3 is 2.33 bits per heavy atom. The van der Waals surface area contributed by atoms with E-state index in [-0.39, 0.29) is 5.91 Å². The Balaban J connectivity index is 2.11. The van der Waals surface area contributed by atoms with E-state index in [1.807, 2.05) is 24.3 Å². The summed E-state index contributed by atoms with van der Waals surface area (Å²) in [7, 11) is 1.32. The quantitative estimate of drug-likeness (QED) is 0.876. The molecule has 0 unspecified atom stereocenters. The largest absolute Gasteiger partial charge is 0.465 e. The molecule has 0 aliphatic carbocycles. The second-order valence-electron chi connectivity index (χ2n) is 4.58. The number of rotatable bonds is 4. The SMILES string of the molecule is CCc1cccc(NC(=O)c2ccc(C(=O)OC)cc2)c1. The van der Waals surface area contributed by atoms with E-state index in [0.29, 0.717) is 11.1 Å². The molecule has 0 saturated carbocycles. The first-order chi connectivity index (χ1) is 10.1. The molecule has 0 saturated heterocycles. The van der Waals surface area contributed by atoms with Gasteiger partial charge >= 0.3 is 5.97 Å². The first kappa shape index (κ1) is 14.8. The molecule has 4 nitrogen and oxygen atoms in total. The maximum atomic E-state index is 12.1. The van der Waals surface area contributed by atoms with Crippen LogP contribution in [-0.4, -0.2) is 19.0 Å². The number of nitrogens with one attached hydrogen (secondary N) is 1. The van der Waals surface area contributed by atoms with E-state index in [4.69, 9.17) is 0 Å². The van der Waals surface area contributed by atoms with E-state index < -0.39 is 5.97 Å². The molecule has 0 spiro atoms. The minimum absolute atomic E-state index is 0.209. The van der Waals surface area contributed by atoms with Crippen molar-refractivity contribution in [1.82, 2.24) is 0 Å². The highest BCUT2D eigenvalue weighted by molar-refractivity contribution is 6.04. The molecule has 2 aromatic rings. The average molecular weight is 283 g/mol. The lowest BCUT2D eigenvalue weighted by Crippen LogP contribution is -2.12. The second kappa shape index (κ2) is 6.70. The highest BCUT2D eigenvalue weighted by Crippen LogP contribution is 2.13. The standard InChI is InChI=1S/C17H17NO3/c1-3-12-5-4-6-15(11-12)18-16(19)13-7-9-14(10-8-13)17(20)21-2/h4-11H,3H2,1-2H3,(H,18,19). The number of amides is 1. The number of aryl methyl sites for hydroxylation is 1. The van der Waals surface area contributed by atoms with E-state index >= 15 is 0 Å². The van der Waals surface area contributed by atoms with Crippen molar-refractivity contribution in [3.8, 4) is 0 Å². The Morgan fingerprint density at radius 2 is 1.71 bits per heavy atom. The smallest absolute Gasteiger partial charge is 0.337 e. The molecule has 0 aliphatic heterocycles. The molecule has 1 N–H and O–H groups in total. The lowest BCUT2D eigenvalue weighted by Gasteiger charge is -2.07. The number of hydrogen-bond acceptors (Lipinski definition) is 3. The Bertz CT molecular complexity index is 647. The Labute approximate surface area is 123 Å². The van der Waals surface area contributed by atoms with Gasteiger partial charge in [0.1, 0.15) is 0 Å². The minimum Gasteiger partial charge on any atom is -0.465 e.